The summed E-state index contributed by atoms with van der Waals surface area (Å²) < 4.78 is 12.1. The van der Waals surface area contributed by atoms with E-state index in [-0.39, 0.29) is 0 Å². The van der Waals surface area contributed by atoms with E-state index in [2.05, 4.69) is 10.3 Å². The van der Waals surface area contributed by atoms with E-state index in [1.165, 1.54) is 0 Å². The summed E-state index contributed by atoms with van der Waals surface area (Å²) in [5, 5.41) is 8.13. The molecular formula is C11H22N4O2. The molecule has 0 fully saturated rings. The van der Waals surface area contributed by atoms with E-state index in [9.17, 15) is 0 Å². The van der Waals surface area contributed by atoms with Gasteiger partial charge < -0.3 is 15.2 Å². The van der Waals surface area contributed by atoms with Gasteiger partial charge in [0.1, 0.15) is 0 Å². The van der Waals surface area contributed by atoms with Gasteiger partial charge >= 0.3 is 0 Å². The lowest BCUT2D eigenvalue weighted by Crippen LogP contribution is -2.06. The third-order valence-corrected chi connectivity index (χ3v) is 2.33. The first-order chi connectivity index (χ1) is 8.36. The monoisotopic (exact) mass is 242 g/mol. The predicted molar refractivity (Wildman–Crippen MR) is 64.7 cm³/mol. The fourth-order valence-electron chi connectivity index (χ4n) is 1.42. The molecule has 0 aliphatic carbocycles. The quantitative estimate of drug-likeness (QED) is 0.594. The minimum atomic E-state index is 0.645. The topological polar surface area (TPSA) is 75.2 Å². The summed E-state index contributed by atoms with van der Waals surface area (Å²) in [6.45, 7) is 3.55. The molecule has 0 amide bonds. The molecule has 0 spiro atoms. The van der Waals surface area contributed by atoms with E-state index < -0.39 is 0 Å². The Balaban J connectivity index is 2.08. The van der Waals surface area contributed by atoms with E-state index >= 15 is 0 Å². The van der Waals surface area contributed by atoms with E-state index in [0.29, 0.717) is 19.8 Å². The fourth-order valence-corrected chi connectivity index (χ4v) is 1.42. The third-order valence-electron chi connectivity index (χ3n) is 2.33. The summed E-state index contributed by atoms with van der Waals surface area (Å²) >= 11 is 0. The van der Waals surface area contributed by atoms with Gasteiger partial charge in [-0.1, -0.05) is 5.21 Å². The Kier molecular flexibility index (Phi) is 7.53. The smallest absolute Gasteiger partial charge is 0.0827 e. The minimum absolute atomic E-state index is 0.645. The van der Waals surface area contributed by atoms with Gasteiger partial charge in [0.2, 0.25) is 0 Å². The maximum absolute atomic E-state index is 5.44. The first-order valence-electron chi connectivity index (χ1n) is 6.02. The average molecular weight is 242 g/mol. The molecule has 0 aromatic carbocycles. The van der Waals surface area contributed by atoms with Crippen molar-refractivity contribution in [1.82, 2.24) is 15.0 Å². The van der Waals surface area contributed by atoms with E-state index in [1.54, 1.807) is 7.11 Å². The molecule has 1 heterocycles. The number of hydrogen-bond donors (Lipinski definition) is 1. The normalized spacial score (nSPS) is 10.9. The number of rotatable bonds is 10. The summed E-state index contributed by atoms with van der Waals surface area (Å²) in [7, 11) is 1.67. The van der Waals surface area contributed by atoms with E-state index in [1.807, 2.05) is 10.9 Å². The molecule has 1 aromatic rings. The Morgan fingerprint density at radius 3 is 2.94 bits per heavy atom. The predicted octanol–water partition coefficient (Wildman–Crippen LogP) is 0.223. The molecule has 0 bridgehead atoms. The number of ether oxygens (including phenoxy) is 2. The van der Waals surface area contributed by atoms with Crippen LogP contribution in [0.1, 0.15) is 18.5 Å². The Hall–Kier alpha value is -0.980. The van der Waals surface area contributed by atoms with Gasteiger partial charge in [-0.15, -0.1) is 5.10 Å². The molecule has 6 heteroatoms. The van der Waals surface area contributed by atoms with Gasteiger partial charge in [0.05, 0.1) is 18.9 Å². The van der Waals surface area contributed by atoms with Gasteiger partial charge in [-0.05, 0) is 25.8 Å². The first-order valence-corrected chi connectivity index (χ1v) is 6.02. The largest absolute Gasteiger partial charge is 0.382 e. The van der Waals surface area contributed by atoms with Crippen LogP contribution in [-0.4, -0.2) is 48.5 Å². The van der Waals surface area contributed by atoms with Crippen LogP contribution in [0.2, 0.25) is 0 Å². The molecule has 0 aliphatic rings. The molecule has 0 aliphatic heterocycles. The standard InChI is InChI=1S/C11H22N4O2/c1-16-8-9-17-7-3-6-15-10-11(13-14-15)4-2-5-12/h10H,2-9,12H2,1H3. The zero-order valence-corrected chi connectivity index (χ0v) is 10.5. The van der Waals surface area contributed by atoms with Crippen molar-refractivity contribution in [3.8, 4) is 0 Å². The van der Waals surface area contributed by atoms with Gasteiger partial charge in [0, 0.05) is 26.5 Å². The number of methoxy groups -OCH3 is 1. The van der Waals surface area contributed by atoms with Crippen molar-refractivity contribution in [3.63, 3.8) is 0 Å². The van der Waals surface area contributed by atoms with Gasteiger partial charge in [-0.3, -0.25) is 4.68 Å². The van der Waals surface area contributed by atoms with Gasteiger partial charge in [0.25, 0.3) is 0 Å². The molecule has 1 aromatic heterocycles. The second-order valence-electron chi connectivity index (χ2n) is 3.82. The fraction of sp³-hybridized carbons (Fsp3) is 0.818. The van der Waals surface area contributed by atoms with Gasteiger partial charge in [0.15, 0.2) is 0 Å². The Bertz CT molecular complexity index is 291. The maximum Gasteiger partial charge on any atom is 0.0827 e. The number of nitrogens with two attached hydrogens (primary N) is 1. The number of hydrogen-bond acceptors (Lipinski definition) is 5. The molecule has 1 rings (SSSR count). The zero-order chi connectivity index (χ0) is 12.3. The zero-order valence-electron chi connectivity index (χ0n) is 10.5. The summed E-state index contributed by atoms with van der Waals surface area (Å²) in [5.74, 6) is 0. The molecule has 0 unspecified atom stereocenters. The van der Waals surface area contributed by atoms with Gasteiger partial charge in [-0.25, -0.2) is 0 Å². The van der Waals surface area contributed by atoms with Crippen molar-refractivity contribution in [2.24, 2.45) is 5.73 Å². The lowest BCUT2D eigenvalue weighted by molar-refractivity contribution is 0.0676. The number of nitrogens with zero attached hydrogens (tertiary/aromatic N) is 3. The van der Waals surface area contributed by atoms with Crippen LogP contribution in [0.5, 0.6) is 0 Å². The van der Waals surface area contributed by atoms with Crippen LogP contribution < -0.4 is 5.73 Å². The van der Waals surface area contributed by atoms with Crippen LogP contribution in [0.25, 0.3) is 0 Å². The molecular weight excluding hydrogens is 220 g/mol. The average Bonchev–Trinajstić information content (AvgIpc) is 2.79. The van der Waals surface area contributed by atoms with E-state index in [4.69, 9.17) is 15.2 Å². The summed E-state index contributed by atoms with van der Waals surface area (Å²) in [4.78, 5) is 0. The second-order valence-corrected chi connectivity index (χ2v) is 3.82. The molecule has 6 nitrogen and oxygen atoms in total. The summed E-state index contributed by atoms with van der Waals surface area (Å²) in [6.07, 6.45) is 4.77. The summed E-state index contributed by atoms with van der Waals surface area (Å²) in [6, 6.07) is 0. The highest BCUT2D eigenvalue weighted by Gasteiger charge is 1.99. The lowest BCUT2D eigenvalue weighted by Gasteiger charge is -2.03. The molecule has 98 valence electrons. The Labute approximate surface area is 102 Å². The van der Waals surface area contributed by atoms with Crippen molar-refractivity contribution < 1.29 is 9.47 Å². The Morgan fingerprint density at radius 2 is 2.18 bits per heavy atom. The highest BCUT2D eigenvalue weighted by Crippen LogP contribution is 1.98. The van der Waals surface area contributed by atoms with Crippen molar-refractivity contribution in [3.05, 3.63) is 11.9 Å². The molecule has 0 atom stereocenters. The SMILES string of the molecule is COCCOCCCn1cc(CCCN)nn1. The second kappa shape index (κ2) is 9.09. The molecule has 0 saturated heterocycles. The van der Waals surface area contributed by atoms with Crippen LogP contribution >= 0.6 is 0 Å². The molecule has 0 saturated carbocycles. The number of aryl methyl sites for hydroxylation is 2. The highest BCUT2D eigenvalue weighted by molar-refractivity contribution is 4.92. The van der Waals surface area contributed by atoms with Crippen LogP contribution in [-0.2, 0) is 22.4 Å². The lowest BCUT2D eigenvalue weighted by atomic mass is 10.2. The highest BCUT2D eigenvalue weighted by atomic mass is 16.5. The first kappa shape index (κ1) is 14.1. The van der Waals surface area contributed by atoms with Crippen molar-refractivity contribution in [1.29, 1.82) is 0 Å². The summed E-state index contributed by atoms with van der Waals surface area (Å²) in [5.41, 5.74) is 6.45. The third kappa shape index (κ3) is 6.35. The van der Waals surface area contributed by atoms with Crippen LogP contribution in [0, 0.1) is 0 Å². The van der Waals surface area contributed by atoms with Crippen molar-refractivity contribution in [2.45, 2.75) is 25.8 Å². The molecule has 2 N–H and O–H groups in total. The Morgan fingerprint density at radius 1 is 1.29 bits per heavy atom. The maximum atomic E-state index is 5.44. The van der Waals surface area contributed by atoms with Crippen molar-refractivity contribution >= 4 is 0 Å². The molecule has 0 radical (unpaired) electrons. The van der Waals surface area contributed by atoms with Crippen LogP contribution in [0.3, 0.4) is 0 Å². The minimum Gasteiger partial charge on any atom is -0.382 e. The number of aromatic nitrogens is 3. The van der Waals surface area contributed by atoms with E-state index in [0.717, 1.165) is 38.1 Å². The molecule has 17 heavy (non-hydrogen) atoms. The van der Waals surface area contributed by atoms with Crippen molar-refractivity contribution in [2.75, 3.05) is 33.5 Å². The van der Waals surface area contributed by atoms with Crippen LogP contribution in [0.4, 0.5) is 0 Å². The van der Waals surface area contributed by atoms with Crippen LogP contribution in [0.15, 0.2) is 6.20 Å². The van der Waals surface area contributed by atoms with Gasteiger partial charge in [-0.2, -0.15) is 0 Å².